The lowest BCUT2D eigenvalue weighted by Crippen LogP contribution is -2.15. The minimum Gasteiger partial charge on any atom is -0.478 e. The van der Waals surface area contributed by atoms with E-state index in [0.717, 1.165) is 0 Å². The van der Waals surface area contributed by atoms with Gasteiger partial charge in [0.1, 0.15) is 6.61 Å². The summed E-state index contributed by atoms with van der Waals surface area (Å²) < 4.78 is 15.1. The summed E-state index contributed by atoms with van der Waals surface area (Å²) in [6, 6.07) is 5.84. The van der Waals surface area contributed by atoms with Crippen molar-refractivity contribution in [2.45, 2.75) is 0 Å². The van der Waals surface area contributed by atoms with Gasteiger partial charge in [0.05, 0.1) is 44.2 Å². The Bertz CT molecular complexity index is 458. The molecule has 0 unspecified atom stereocenters. The molecule has 0 saturated heterocycles. The third-order valence-electron chi connectivity index (χ3n) is 2.45. The Hall–Kier alpha value is -1.96. The molecule has 0 atom stereocenters. The van der Waals surface area contributed by atoms with Crippen LogP contribution >= 0.6 is 0 Å². The lowest BCUT2D eigenvalue weighted by Gasteiger charge is -2.08. The van der Waals surface area contributed by atoms with E-state index in [0.29, 0.717) is 13.2 Å². The maximum absolute atomic E-state index is 11.8. The number of carbonyl (C=O) groups is 2. The summed E-state index contributed by atoms with van der Waals surface area (Å²) >= 11 is 0. The lowest BCUT2D eigenvalue weighted by molar-refractivity contribution is 0.00907. The molecule has 0 radical (unpaired) electrons. The number of aromatic carboxylic acids is 1. The molecule has 0 amide bonds. The minimum atomic E-state index is -1.18. The van der Waals surface area contributed by atoms with Crippen molar-refractivity contribution in [2.75, 3.05) is 39.6 Å². The summed E-state index contributed by atoms with van der Waals surface area (Å²) in [6.45, 7) is 1.08. The van der Waals surface area contributed by atoms with Gasteiger partial charge >= 0.3 is 11.9 Å². The zero-order valence-electron chi connectivity index (χ0n) is 11.5. The first kappa shape index (κ1) is 17.1. The number of esters is 1. The molecule has 0 aliphatic carbocycles. The van der Waals surface area contributed by atoms with Crippen LogP contribution in [0.3, 0.4) is 0 Å². The molecule has 1 aromatic carbocycles. The number of hydrogen-bond donors (Lipinski definition) is 2. The predicted octanol–water partition coefficient (Wildman–Crippen LogP) is 0.567. The number of ether oxygens (including phenoxy) is 3. The van der Waals surface area contributed by atoms with Crippen LogP contribution in [0.25, 0.3) is 0 Å². The highest BCUT2D eigenvalue weighted by molar-refractivity contribution is 6.02. The average Bonchev–Trinajstić information content (AvgIpc) is 2.49. The van der Waals surface area contributed by atoms with Gasteiger partial charge in [-0.1, -0.05) is 12.1 Å². The van der Waals surface area contributed by atoms with E-state index >= 15 is 0 Å². The van der Waals surface area contributed by atoms with E-state index in [1.807, 2.05) is 0 Å². The molecule has 0 heterocycles. The quantitative estimate of drug-likeness (QED) is 0.481. The SMILES string of the molecule is O=C(O)c1ccccc1C(=O)OCCOCCOCCO. The number of rotatable bonds is 10. The Kier molecular flexibility index (Phi) is 8.03. The van der Waals surface area contributed by atoms with E-state index in [1.54, 1.807) is 6.07 Å². The van der Waals surface area contributed by atoms with Crippen LogP contribution in [0.2, 0.25) is 0 Å². The largest absolute Gasteiger partial charge is 0.478 e. The van der Waals surface area contributed by atoms with Crippen molar-refractivity contribution in [3.63, 3.8) is 0 Å². The van der Waals surface area contributed by atoms with Crippen LogP contribution in [-0.2, 0) is 14.2 Å². The van der Waals surface area contributed by atoms with Crippen LogP contribution in [0.4, 0.5) is 0 Å². The van der Waals surface area contributed by atoms with Gasteiger partial charge in [0.15, 0.2) is 0 Å². The van der Waals surface area contributed by atoms with E-state index < -0.39 is 11.9 Å². The molecule has 7 nitrogen and oxygen atoms in total. The topological polar surface area (TPSA) is 102 Å². The van der Waals surface area contributed by atoms with E-state index in [9.17, 15) is 9.59 Å². The van der Waals surface area contributed by atoms with Gasteiger partial charge in [0.2, 0.25) is 0 Å². The molecule has 116 valence electrons. The molecule has 1 rings (SSSR count). The Labute approximate surface area is 122 Å². The van der Waals surface area contributed by atoms with E-state index in [-0.39, 0.29) is 37.6 Å². The molecule has 0 bridgehead atoms. The van der Waals surface area contributed by atoms with Crippen molar-refractivity contribution in [3.8, 4) is 0 Å². The number of carboxylic acid groups (broad SMARTS) is 1. The zero-order chi connectivity index (χ0) is 15.5. The second-order valence-corrected chi connectivity index (χ2v) is 3.94. The van der Waals surface area contributed by atoms with Crippen LogP contribution in [0.5, 0.6) is 0 Å². The van der Waals surface area contributed by atoms with Crippen LogP contribution < -0.4 is 0 Å². The number of aliphatic hydroxyl groups is 1. The molecule has 0 fully saturated rings. The van der Waals surface area contributed by atoms with Crippen molar-refractivity contribution < 1.29 is 34.0 Å². The van der Waals surface area contributed by atoms with Crippen LogP contribution in [0.1, 0.15) is 20.7 Å². The van der Waals surface area contributed by atoms with Gasteiger partial charge < -0.3 is 24.4 Å². The average molecular weight is 298 g/mol. The normalized spacial score (nSPS) is 10.3. The Morgan fingerprint density at radius 3 is 2.10 bits per heavy atom. The molecule has 0 aliphatic rings. The van der Waals surface area contributed by atoms with Crippen LogP contribution in [-0.4, -0.2) is 61.8 Å². The Balaban J connectivity index is 2.27. The van der Waals surface area contributed by atoms with Gasteiger partial charge in [-0.3, -0.25) is 0 Å². The third kappa shape index (κ3) is 6.35. The number of carbonyl (C=O) groups excluding carboxylic acids is 1. The molecule has 0 saturated carbocycles. The van der Waals surface area contributed by atoms with Gasteiger partial charge in [0, 0.05) is 0 Å². The Morgan fingerprint density at radius 2 is 1.48 bits per heavy atom. The highest BCUT2D eigenvalue weighted by Gasteiger charge is 2.16. The van der Waals surface area contributed by atoms with Gasteiger partial charge in [-0.05, 0) is 12.1 Å². The fourth-order valence-corrected chi connectivity index (χ4v) is 1.51. The second kappa shape index (κ2) is 9.87. The van der Waals surface area contributed by atoms with Crippen molar-refractivity contribution in [2.24, 2.45) is 0 Å². The summed E-state index contributed by atoms with van der Waals surface area (Å²) in [7, 11) is 0. The number of aliphatic hydroxyl groups excluding tert-OH is 1. The molecular weight excluding hydrogens is 280 g/mol. The van der Waals surface area contributed by atoms with Crippen molar-refractivity contribution in [1.82, 2.24) is 0 Å². The predicted molar refractivity (Wildman–Crippen MR) is 72.4 cm³/mol. The van der Waals surface area contributed by atoms with Gasteiger partial charge in [-0.2, -0.15) is 0 Å². The monoisotopic (exact) mass is 298 g/mol. The summed E-state index contributed by atoms with van der Waals surface area (Å²) in [6.07, 6.45) is 0. The van der Waals surface area contributed by atoms with Crippen molar-refractivity contribution in [1.29, 1.82) is 0 Å². The highest BCUT2D eigenvalue weighted by atomic mass is 16.6. The fraction of sp³-hybridized carbons (Fsp3) is 0.429. The Morgan fingerprint density at radius 1 is 0.905 bits per heavy atom. The standard InChI is InChI=1S/C14H18O7/c15-5-6-19-7-8-20-9-10-21-14(18)12-4-2-1-3-11(12)13(16)17/h1-4,15H,5-10H2,(H,16,17). The first-order valence-corrected chi connectivity index (χ1v) is 6.42. The fourth-order valence-electron chi connectivity index (χ4n) is 1.51. The second-order valence-electron chi connectivity index (χ2n) is 3.94. The maximum Gasteiger partial charge on any atom is 0.339 e. The summed E-state index contributed by atoms with van der Waals surface area (Å²) in [5.41, 5.74) is -0.0860. The van der Waals surface area contributed by atoms with E-state index in [2.05, 4.69) is 0 Å². The van der Waals surface area contributed by atoms with Crippen molar-refractivity contribution in [3.05, 3.63) is 35.4 Å². The van der Waals surface area contributed by atoms with Crippen LogP contribution in [0.15, 0.2) is 24.3 Å². The molecule has 21 heavy (non-hydrogen) atoms. The number of hydrogen-bond acceptors (Lipinski definition) is 6. The summed E-state index contributed by atoms with van der Waals surface area (Å²) in [5.74, 6) is -1.88. The number of carboxylic acids is 1. The first-order chi connectivity index (χ1) is 10.2. The number of benzene rings is 1. The molecule has 0 aromatic heterocycles. The maximum atomic E-state index is 11.8. The van der Waals surface area contributed by atoms with Crippen LogP contribution in [0, 0.1) is 0 Å². The van der Waals surface area contributed by atoms with Crippen molar-refractivity contribution >= 4 is 11.9 Å². The van der Waals surface area contributed by atoms with E-state index in [4.69, 9.17) is 24.4 Å². The van der Waals surface area contributed by atoms with Gasteiger partial charge in [-0.15, -0.1) is 0 Å². The zero-order valence-corrected chi connectivity index (χ0v) is 11.5. The summed E-state index contributed by atoms with van der Waals surface area (Å²) in [5, 5.41) is 17.4. The summed E-state index contributed by atoms with van der Waals surface area (Å²) in [4.78, 5) is 22.7. The minimum absolute atomic E-state index is 0.0104. The molecule has 7 heteroatoms. The van der Waals surface area contributed by atoms with E-state index in [1.165, 1.54) is 18.2 Å². The molecule has 1 aromatic rings. The molecule has 2 N–H and O–H groups in total. The molecule has 0 spiro atoms. The molecular formula is C14H18O7. The smallest absolute Gasteiger partial charge is 0.339 e. The highest BCUT2D eigenvalue weighted by Crippen LogP contribution is 2.10. The molecule has 0 aliphatic heterocycles. The first-order valence-electron chi connectivity index (χ1n) is 6.42. The van der Waals surface area contributed by atoms with Gasteiger partial charge in [-0.25, -0.2) is 9.59 Å². The van der Waals surface area contributed by atoms with Gasteiger partial charge in [0.25, 0.3) is 0 Å². The third-order valence-corrected chi connectivity index (χ3v) is 2.45. The lowest BCUT2D eigenvalue weighted by atomic mass is 10.1.